The molecule has 0 atom stereocenters. The van der Waals surface area contributed by atoms with Crippen LogP contribution in [0.15, 0.2) is 53.4 Å². The second-order valence-corrected chi connectivity index (χ2v) is 10.2. The molecule has 1 heterocycles. The van der Waals surface area contributed by atoms with Crippen molar-refractivity contribution in [3.63, 3.8) is 0 Å². The third-order valence-electron chi connectivity index (χ3n) is 5.10. The maximum Gasteiger partial charge on any atom is 0.279 e. The van der Waals surface area contributed by atoms with Gasteiger partial charge in [0.1, 0.15) is 5.82 Å². The van der Waals surface area contributed by atoms with Gasteiger partial charge >= 0.3 is 0 Å². The van der Waals surface area contributed by atoms with Crippen LogP contribution in [0.25, 0.3) is 0 Å². The summed E-state index contributed by atoms with van der Waals surface area (Å²) in [6.07, 6.45) is 3.06. The number of hydrogen-bond donors (Lipinski definition) is 3. The van der Waals surface area contributed by atoms with Crippen molar-refractivity contribution in [3.05, 3.63) is 80.8 Å². The van der Waals surface area contributed by atoms with Gasteiger partial charge in [-0.05, 0) is 85.8 Å². The summed E-state index contributed by atoms with van der Waals surface area (Å²) >= 11 is 1.44. The quantitative estimate of drug-likeness (QED) is 0.493. The molecule has 3 N–H and O–H groups in total. The summed E-state index contributed by atoms with van der Waals surface area (Å²) in [4.78, 5) is 26.3. The Labute approximate surface area is 188 Å². The van der Waals surface area contributed by atoms with Crippen molar-refractivity contribution in [2.45, 2.75) is 31.1 Å². The van der Waals surface area contributed by atoms with Crippen molar-refractivity contribution in [3.8, 4) is 0 Å². The number of carbonyl (C=O) groups is 2. The molecule has 1 aliphatic rings. The van der Waals surface area contributed by atoms with Crippen LogP contribution in [-0.2, 0) is 22.9 Å². The number of carbonyl (C=O) groups excluding carboxylic acids is 2. The fraction of sp³-hybridized carbons (Fsp3) is 0.182. The summed E-state index contributed by atoms with van der Waals surface area (Å²) in [5.41, 5.74) is 6.64. The van der Waals surface area contributed by atoms with Crippen LogP contribution >= 0.6 is 11.3 Å². The molecule has 0 aliphatic heterocycles. The second-order valence-electron chi connectivity index (χ2n) is 7.41. The highest BCUT2D eigenvalue weighted by Crippen LogP contribution is 2.30. The number of hydrogen-bond acceptors (Lipinski definition) is 5. The molecule has 3 aromatic rings. The van der Waals surface area contributed by atoms with E-state index in [1.54, 1.807) is 0 Å². The molecule has 2 aromatic carbocycles. The van der Waals surface area contributed by atoms with E-state index in [1.165, 1.54) is 65.1 Å². The zero-order valence-electron chi connectivity index (χ0n) is 17.1. The Morgan fingerprint density at radius 2 is 1.69 bits per heavy atom. The summed E-state index contributed by atoms with van der Waals surface area (Å²) in [5, 5.41) is 0. The van der Waals surface area contributed by atoms with Gasteiger partial charge in [0, 0.05) is 16.1 Å². The zero-order valence-corrected chi connectivity index (χ0v) is 18.7. The van der Waals surface area contributed by atoms with Gasteiger partial charge in [0.25, 0.3) is 21.8 Å². The van der Waals surface area contributed by atoms with E-state index in [2.05, 4.69) is 15.6 Å². The van der Waals surface area contributed by atoms with E-state index in [0.717, 1.165) is 25.3 Å². The van der Waals surface area contributed by atoms with E-state index in [4.69, 9.17) is 0 Å². The van der Waals surface area contributed by atoms with Gasteiger partial charge < -0.3 is 0 Å². The lowest BCUT2D eigenvalue weighted by molar-refractivity contribution is 0.0849. The molecule has 1 aliphatic carbocycles. The highest BCUT2D eigenvalue weighted by atomic mass is 32.2. The molecule has 0 radical (unpaired) electrons. The number of nitrogens with one attached hydrogen (secondary N) is 3. The molecule has 0 saturated carbocycles. The first-order valence-electron chi connectivity index (χ1n) is 9.84. The minimum atomic E-state index is -3.91. The number of halogens is 1. The molecule has 4 rings (SSSR count). The topological polar surface area (TPSA) is 104 Å². The van der Waals surface area contributed by atoms with Crippen LogP contribution in [0.2, 0.25) is 0 Å². The van der Waals surface area contributed by atoms with Gasteiger partial charge in [0.2, 0.25) is 0 Å². The molecule has 166 valence electrons. The number of benzene rings is 2. The predicted molar refractivity (Wildman–Crippen MR) is 120 cm³/mol. The van der Waals surface area contributed by atoms with E-state index < -0.39 is 21.7 Å². The van der Waals surface area contributed by atoms with E-state index in [9.17, 15) is 22.4 Å². The van der Waals surface area contributed by atoms with Crippen LogP contribution in [-0.4, -0.2) is 20.2 Å². The van der Waals surface area contributed by atoms with E-state index in [0.29, 0.717) is 4.88 Å². The normalized spacial score (nSPS) is 12.8. The van der Waals surface area contributed by atoms with Crippen LogP contribution in [0.3, 0.4) is 0 Å². The average molecular weight is 474 g/mol. The molecule has 0 bridgehead atoms. The molecule has 32 heavy (non-hydrogen) atoms. The van der Waals surface area contributed by atoms with Crippen molar-refractivity contribution < 1.29 is 22.4 Å². The lowest BCUT2D eigenvalue weighted by Gasteiger charge is -2.10. The van der Waals surface area contributed by atoms with Gasteiger partial charge in [-0.2, -0.15) is 0 Å². The number of anilines is 1. The summed E-state index contributed by atoms with van der Waals surface area (Å²) in [5.74, 6) is -1.41. The molecule has 2 amide bonds. The fourth-order valence-corrected chi connectivity index (χ4v) is 5.67. The smallest absolute Gasteiger partial charge is 0.279 e. The third kappa shape index (κ3) is 4.66. The Hall–Kier alpha value is -3.24. The fourth-order valence-electron chi connectivity index (χ4n) is 3.38. The standard InChI is InChI=1S/C22H20FN3O4S2/c1-13-11-17(9-10-18(13)23)32(29,30)26-16-7-5-14(6-8-16)21(27)24-25-22(28)20-12-15-3-2-4-19(15)31-20/h5-12,26H,2-4H2,1H3,(H,24,27)(H,25,28). The Kier molecular flexibility index (Phi) is 5.98. The van der Waals surface area contributed by atoms with E-state index >= 15 is 0 Å². The zero-order chi connectivity index (χ0) is 22.9. The van der Waals surface area contributed by atoms with Crippen molar-refractivity contribution in [2.75, 3.05) is 4.72 Å². The SMILES string of the molecule is Cc1cc(S(=O)(=O)Nc2ccc(C(=O)NNC(=O)c3cc4c(s3)CCC4)cc2)ccc1F. The number of thiophene rings is 1. The third-order valence-corrected chi connectivity index (χ3v) is 7.71. The van der Waals surface area contributed by atoms with Gasteiger partial charge in [-0.25, -0.2) is 12.8 Å². The first kappa shape index (κ1) is 22.0. The first-order chi connectivity index (χ1) is 15.2. The number of hydrazine groups is 1. The lowest BCUT2D eigenvalue weighted by atomic mass is 10.2. The monoisotopic (exact) mass is 473 g/mol. The number of rotatable bonds is 5. The van der Waals surface area contributed by atoms with Gasteiger partial charge in [-0.15, -0.1) is 11.3 Å². The maximum atomic E-state index is 13.4. The Morgan fingerprint density at radius 1 is 0.969 bits per heavy atom. The molecule has 10 heteroatoms. The van der Waals surface area contributed by atoms with E-state index in [-0.39, 0.29) is 27.6 Å². The predicted octanol–water partition coefficient (Wildman–Crippen LogP) is 3.56. The first-order valence-corrected chi connectivity index (χ1v) is 12.1. The molecule has 0 saturated heterocycles. The summed E-state index contributed by atoms with van der Waals surface area (Å²) < 4.78 is 40.8. The van der Waals surface area contributed by atoms with Crippen LogP contribution in [0.4, 0.5) is 10.1 Å². The van der Waals surface area contributed by atoms with Crippen LogP contribution in [0.5, 0.6) is 0 Å². The van der Waals surface area contributed by atoms with Gasteiger partial charge in [-0.1, -0.05) is 0 Å². The summed E-state index contributed by atoms with van der Waals surface area (Å²) in [7, 11) is -3.91. The number of sulfonamides is 1. The van der Waals surface area contributed by atoms with Crippen molar-refractivity contribution >= 4 is 38.9 Å². The molecule has 0 fully saturated rings. The number of amides is 2. The Balaban J connectivity index is 1.36. The largest absolute Gasteiger partial charge is 0.280 e. The molecular weight excluding hydrogens is 453 g/mol. The van der Waals surface area contributed by atoms with Crippen molar-refractivity contribution in [1.82, 2.24) is 10.9 Å². The highest BCUT2D eigenvalue weighted by molar-refractivity contribution is 7.92. The Morgan fingerprint density at radius 3 is 2.38 bits per heavy atom. The molecule has 0 spiro atoms. The van der Waals surface area contributed by atoms with Crippen LogP contribution in [0, 0.1) is 12.7 Å². The molecule has 7 nitrogen and oxygen atoms in total. The summed E-state index contributed by atoms with van der Waals surface area (Å²) in [6, 6.07) is 11.1. The van der Waals surface area contributed by atoms with Crippen LogP contribution in [0.1, 0.15) is 42.5 Å². The minimum Gasteiger partial charge on any atom is -0.280 e. The van der Waals surface area contributed by atoms with Crippen molar-refractivity contribution in [2.24, 2.45) is 0 Å². The number of fused-ring (bicyclic) bond motifs is 1. The lowest BCUT2D eigenvalue weighted by Crippen LogP contribution is -2.41. The second kappa shape index (κ2) is 8.71. The molecular formula is C22H20FN3O4S2. The van der Waals surface area contributed by atoms with Crippen LogP contribution < -0.4 is 15.6 Å². The highest BCUT2D eigenvalue weighted by Gasteiger charge is 2.19. The van der Waals surface area contributed by atoms with Gasteiger partial charge in [-0.3, -0.25) is 25.2 Å². The van der Waals surface area contributed by atoms with Crippen molar-refractivity contribution in [1.29, 1.82) is 0 Å². The average Bonchev–Trinajstić information content (AvgIpc) is 3.36. The Bertz CT molecular complexity index is 1280. The van der Waals surface area contributed by atoms with Gasteiger partial charge in [0.15, 0.2) is 0 Å². The van der Waals surface area contributed by atoms with E-state index in [1.807, 2.05) is 6.07 Å². The summed E-state index contributed by atoms with van der Waals surface area (Å²) in [6.45, 7) is 1.48. The maximum absolute atomic E-state index is 13.4. The van der Waals surface area contributed by atoms with Gasteiger partial charge in [0.05, 0.1) is 9.77 Å². The molecule has 0 unspecified atom stereocenters. The number of aryl methyl sites for hydroxylation is 3. The minimum absolute atomic E-state index is 0.0690. The molecule has 1 aromatic heterocycles.